The Labute approximate surface area is 140 Å². The van der Waals surface area contributed by atoms with Gasteiger partial charge in [-0.3, -0.25) is 9.69 Å². The largest absolute Gasteiger partial charge is 0.390 e. The van der Waals surface area contributed by atoms with E-state index in [1.807, 2.05) is 0 Å². The van der Waals surface area contributed by atoms with Crippen molar-refractivity contribution in [2.45, 2.75) is 24.7 Å². The standard InChI is InChI=1S/C16H24N4O4/c21-14-3-4-20(15(22)2-1-12-9-17-11-18-12)10-13(16(14)23)19-5-7-24-8-6-19/h1-2,9,11,13-14,16,21,23H,3-8,10H2,(H,17,18)/b2-1+/t13-,14-,16+/m1/s1. The number of ether oxygens (including phenoxy) is 1. The summed E-state index contributed by atoms with van der Waals surface area (Å²) in [6, 6.07) is -0.282. The van der Waals surface area contributed by atoms with Gasteiger partial charge in [0.25, 0.3) is 0 Å². The fourth-order valence-corrected chi connectivity index (χ4v) is 3.21. The van der Waals surface area contributed by atoms with E-state index in [0.29, 0.717) is 45.8 Å². The van der Waals surface area contributed by atoms with Gasteiger partial charge >= 0.3 is 0 Å². The van der Waals surface area contributed by atoms with E-state index in [-0.39, 0.29) is 11.9 Å². The highest BCUT2D eigenvalue weighted by Crippen LogP contribution is 2.19. The lowest BCUT2D eigenvalue weighted by molar-refractivity contribution is -0.127. The summed E-state index contributed by atoms with van der Waals surface area (Å²) in [4.78, 5) is 23.1. The van der Waals surface area contributed by atoms with E-state index >= 15 is 0 Å². The zero-order valence-corrected chi connectivity index (χ0v) is 13.5. The number of rotatable bonds is 3. The quantitative estimate of drug-likeness (QED) is 0.617. The molecule has 2 saturated heterocycles. The smallest absolute Gasteiger partial charge is 0.246 e. The van der Waals surface area contributed by atoms with E-state index in [1.54, 1.807) is 23.5 Å². The van der Waals surface area contributed by atoms with Gasteiger partial charge in [-0.05, 0) is 12.5 Å². The lowest BCUT2D eigenvalue weighted by Gasteiger charge is -2.38. The second-order valence-electron chi connectivity index (χ2n) is 6.19. The van der Waals surface area contributed by atoms with Gasteiger partial charge in [-0.1, -0.05) is 0 Å². The van der Waals surface area contributed by atoms with Crippen LogP contribution in [0, 0.1) is 0 Å². The number of hydrogen-bond acceptors (Lipinski definition) is 6. The molecule has 8 heteroatoms. The molecule has 3 atom stereocenters. The molecule has 0 aliphatic carbocycles. The van der Waals surface area contributed by atoms with Crippen molar-refractivity contribution in [3.8, 4) is 0 Å². The van der Waals surface area contributed by atoms with Crippen LogP contribution in [-0.2, 0) is 9.53 Å². The second kappa shape index (κ2) is 7.89. The highest BCUT2D eigenvalue weighted by atomic mass is 16.5. The molecule has 132 valence electrons. The van der Waals surface area contributed by atoms with E-state index in [4.69, 9.17) is 4.74 Å². The number of carbonyl (C=O) groups excluding carboxylic acids is 1. The third-order valence-electron chi connectivity index (χ3n) is 4.64. The first kappa shape index (κ1) is 17.1. The van der Waals surface area contributed by atoms with Gasteiger partial charge < -0.3 is 24.8 Å². The van der Waals surface area contributed by atoms with Crippen LogP contribution in [0.1, 0.15) is 12.1 Å². The summed E-state index contributed by atoms with van der Waals surface area (Å²) < 4.78 is 5.35. The van der Waals surface area contributed by atoms with Crippen LogP contribution >= 0.6 is 0 Å². The van der Waals surface area contributed by atoms with Gasteiger partial charge in [0.2, 0.25) is 5.91 Å². The van der Waals surface area contributed by atoms with E-state index in [0.717, 1.165) is 5.69 Å². The van der Waals surface area contributed by atoms with Crippen molar-refractivity contribution in [2.24, 2.45) is 0 Å². The molecule has 2 aliphatic heterocycles. The van der Waals surface area contributed by atoms with Crippen LogP contribution in [0.5, 0.6) is 0 Å². The highest BCUT2D eigenvalue weighted by Gasteiger charge is 2.37. The number of aromatic amines is 1. The molecular formula is C16H24N4O4. The average Bonchev–Trinajstić information content (AvgIpc) is 3.08. The van der Waals surface area contributed by atoms with Crippen LogP contribution in [0.2, 0.25) is 0 Å². The van der Waals surface area contributed by atoms with Crippen LogP contribution in [0.3, 0.4) is 0 Å². The average molecular weight is 336 g/mol. The monoisotopic (exact) mass is 336 g/mol. The SMILES string of the molecule is O=C(/C=C/c1cnc[nH]1)N1CC[C@@H](O)[C@@H](O)[C@H](N2CCOCC2)C1. The number of aliphatic hydroxyl groups excluding tert-OH is 2. The Morgan fingerprint density at radius 1 is 1.33 bits per heavy atom. The minimum atomic E-state index is -0.863. The highest BCUT2D eigenvalue weighted by molar-refractivity contribution is 5.91. The molecule has 3 heterocycles. The van der Waals surface area contributed by atoms with Crippen molar-refractivity contribution < 1.29 is 19.7 Å². The molecule has 1 aromatic rings. The van der Waals surface area contributed by atoms with E-state index in [1.165, 1.54) is 6.08 Å². The second-order valence-corrected chi connectivity index (χ2v) is 6.19. The molecule has 0 aromatic carbocycles. The number of carbonyl (C=O) groups is 1. The Balaban J connectivity index is 1.69. The molecule has 3 N–H and O–H groups in total. The first-order chi connectivity index (χ1) is 11.6. The van der Waals surface area contributed by atoms with Crippen molar-refractivity contribution in [1.82, 2.24) is 19.8 Å². The Bertz CT molecular complexity index is 556. The van der Waals surface area contributed by atoms with Crippen LogP contribution in [-0.4, -0.2) is 93.5 Å². The molecule has 1 amide bonds. The molecule has 0 spiro atoms. The lowest BCUT2D eigenvalue weighted by Crippen LogP contribution is -2.55. The third kappa shape index (κ3) is 4.02. The molecule has 24 heavy (non-hydrogen) atoms. The summed E-state index contributed by atoms with van der Waals surface area (Å²) in [7, 11) is 0. The number of nitrogens with one attached hydrogen (secondary N) is 1. The molecule has 0 radical (unpaired) electrons. The van der Waals surface area contributed by atoms with Crippen molar-refractivity contribution in [1.29, 1.82) is 0 Å². The van der Waals surface area contributed by atoms with Gasteiger partial charge in [-0.2, -0.15) is 0 Å². The number of nitrogens with zero attached hydrogens (tertiary/aromatic N) is 3. The van der Waals surface area contributed by atoms with Crippen molar-refractivity contribution in [2.75, 3.05) is 39.4 Å². The number of imidazole rings is 1. The van der Waals surface area contributed by atoms with Gasteiger partial charge in [-0.25, -0.2) is 4.98 Å². The molecular weight excluding hydrogens is 312 g/mol. The number of amides is 1. The normalized spacial score (nSPS) is 29.8. The molecule has 0 bridgehead atoms. The van der Waals surface area contributed by atoms with Crippen LogP contribution < -0.4 is 0 Å². The maximum Gasteiger partial charge on any atom is 0.246 e. The fraction of sp³-hybridized carbons (Fsp3) is 0.625. The van der Waals surface area contributed by atoms with Crippen LogP contribution in [0.4, 0.5) is 0 Å². The van der Waals surface area contributed by atoms with E-state index in [9.17, 15) is 15.0 Å². The topological polar surface area (TPSA) is 102 Å². The minimum absolute atomic E-state index is 0.135. The summed E-state index contributed by atoms with van der Waals surface area (Å²) in [5.74, 6) is -0.135. The molecule has 0 unspecified atom stereocenters. The summed E-state index contributed by atoms with van der Waals surface area (Å²) in [5.41, 5.74) is 0.753. The first-order valence-corrected chi connectivity index (χ1v) is 8.28. The molecule has 2 fully saturated rings. The predicted molar refractivity (Wildman–Crippen MR) is 87.0 cm³/mol. The zero-order valence-electron chi connectivity index (χ0n) is 13.5. The van der Waals surface area contributed by atoms with Gasteiger partial charge in [0.05, 0.1) is 49.7 Å². The number of H-pyrrole nitrogens is 1. The summed E-state index contributed by atoms with van der Waals surface area (Å²) >= 11 is 0. The Kier molecular flexibility index (Phi) is 5.62. The minimum Gasteiger partial charge on any atom is -0.390 e. The molecule has 2 aliphatic rings. The number of aromatic nitrogens is 2. The van der Waals surface area contributed by atoms with Crippen molar-refractivity contribution in [3.63, 3.8) is 0 Å². The molecule has 1 aromatic heterocycles. The summed E-state index contributed by atoms with van der Waals surface area (Å²) in [6.07, 6.45) is 5.04. The van der Waals surface area contributed by atoms with Gasteiger partial charge in [0.15, 0.2) is 0 Å². The number of aliphatic hydroxyl groups is 2. The Morgan fingerprint density at radius 2 is 2.12 bits per heavy atom. The van der Waals surface area contributed by atoms with Crippen LogP contribution in [0.15, 0.2) is 18.6 Å². The third-order valence-corrected chi connectivity index (χ3v) is 4.64. The first-order valence-electron chi connectivity index (χ1n) is 8.28. The maximum absolute atomic E-state index is 12.5. The molecule has 8 nitrogen and oxygen atoms in total. The Morgan fingerprint density at radius 3 is 2.83 bits per heavy atom. The number of likely N-dealkylation sites (tertiary alicyclic amines) is 1. The lowest BCUT2D eigenvalue weighted by atomic mass is 10.0. The van der Waals surface area contributed by atoms with Crippen LogP contribution in [0.25, 0.3) is 6.08 Å². The van der Waals surface area contributed by atoms with Crippen molar-refractivity contribution in [3.05, 3.63) is 24.3 Å². The zero-order chi connectivity index (χ0) is 16.9. The fourth-order valence-electron chi connectivity index (χ4n) is 3.21. The van der Waals surface area contributed by atoms with E-state index < -0.39 is 12.2 Å². The summed E-state index contributed by atoms with van der Waals surface area (Å²) in [6.45, 7) is 3.41. The molecule has 0 saturated carbocycles. The number of hydrogen-bond donors (Lipinski definition) is 3. The van der Waals surface area contributed by atoms with E-state index in [2.05, 4.69) is 14.9 Å². The van der Waals surface area contributed by atoms with Gasteiger partial charge in [0.1, 0.15) is 0 Å². The predicted octanol–water partition coefficient (Wildman–Crippen LogP) is -0.922. The maximum atomic E-state index is 12.5. The molecule has 3 rings (SSSR count). The summed E-state index contributed by atoms with van der Waals surface area (Å²) in [5, 5.41) is 20.6. The van der Waals surface area contributed by atoms with Gasteiger partial charge in [-0.15, -0.1) is 0 Å². The van der Waals surface area contributed by atoms with Gasteiger partial charge in [0, 0.05) is 32.3 Å². The Hall–Kier alpha value is -1.74. The van der Waals surface area contributed by atoms with Crippen molar-refractivity contribution >= 4 is 12.0 Å². The number of morpholine rings is 1.